The molecule has 5 aromatic rings. The number of aromatic nitrogens is 6. The summed E-state index contributed by atoms with van der Waals surface area (Å²) < 4.78 is 0. The van der Waals surface area contributed by atoms with Gasteiger partial charge in [0.25, 0.3) is 5.91 Å². The molecular formula is C25H22N8O2. The lowest BCUT2D eigenvalue weighted by molar-refractivity contribution is 0.0878. The Balaban J connectivity index is 1.47. The lowest BCUT2D eigenvalue weighted by Crippen LogP contribution is -2.36. The van der Waals surface area contributed by atoms with Gasteiger partial charge in [0, 0.05) is 41.8 Å². The van der Waals surface area contributed by atoms with Crippen LogP contribution in [0.5, 0.6) is 0 Å². The number of amides is 1. The van der Waals surface area contributed by atoms with Crippen molar-refractivity contribution in [3.63, 3.8) is 0 Å². The molecule has 1 aliphatic heterocycles. The molecule has 0 saturated heterocycles. The molecule has 0 bridgehead atoms. The highest BCUT2D eigenvalue weighted by atomic mass is 16.2. The first-order chi connectivity index (χ1) is 17.0. The van der Waals surface area contributed by atoms with E-state index in [4.69, 9.17) is 0 Å². The van der Waals surface area contributed by atoms with Crippen LogP contribution in [0.15, 0.2) is 36.8 Å². The number of hydrogen-bond donors (Lipinski definition) is 4. The molecule has 1 aromatic carbocycles. The van der Waals surface area contributed by atoms with Gasteiger partial charge in [0.1, 0.15) is 11.2 Å². The number of nitrogens with one attached hydrogen (secondary N) is 4. The zero-order valence-electron chi connectivity index (χ0n) is 19.2. The highest BCUT2D eigenvalue weighted by Crippen LogP contribution is 2.32. The summed E-state index contributed by atoms with van der Waals surface area (Å²) in [7, 11) is 0. The van der Waals surface area contributed by atoms with Crippen LogP contribution in [0, 0.1) is 6.92 Å². The second kappa shape index (κ2) is 8.10. The molecule has 35 heavy (non-hydrogen) atoms. The average Bonchev–Trinajstić information content (AvgIpc) is 3.49. The summed E-state index contributed by atoms with van der Waals surface area (Å²) in [4.78, 5) is 41.7. The topological polar surface area (TPSA) is 141 Å². The lowest BCUT2D eigenvalue weighted by atomic mass is 9.98. The van der Waals surface area contributed by atoms with Gasteiger partial charge >= 0.3 is 0 Å². The largest absolute Gasteiger partial charge is 0.344 e. The molecule has 4 aromatic heterocycles. The molecule has 10 nitrogen and oxygen atoms in total. The molecular weight excluding hydrogens is 444 g/mol. The molecule has 4 N–H and O–H groups in total. The van der Waals surface area contributed by atoms with Crippen LogP contribution in [0.25, 0.3) is 44.7 Å². The van der Waals surface area contributed by atoms with E-state index in [9.17, 15) is 9.59 Å². The van der Waals surface area contributed by atoms with Crippen molar-refractivity contribution in [2.45, 2.75) is 20.4 Å². The number of carbonyl (C=O) groups excluding carboxylic acids is 2. The van der Waals surface area contributed by atoms with E-state index in [1.165, 1.54) is 0 Å². The van der Waals surface area contributed by atoms with Gasteiger partial charge in [0.2, 0.25) is 0 Å². The van der Waals surface area contributed by atoms with Crippen molar-refractivity contribution in [1.82, 2.24) is 40.8 Å². The summed E-state index contributed by atoms with van der Waals surface area (Å²) in [5.74, 6) is 0.0748. The van der Waals surface area contributed by atoms with E-state index in [1.54, 1.807) is 18.3 Å². The van der Waals surface area contributed by atoms with Gasteiger partial charge in [-0.1, -0.05) is 6.92 Å². The maximum atomic E-state index is 12.5. The maximum absolute atomic E-state index is 12.5. The predicted molar refractivity (Wildman–Crippen MR) is 131 cm³/mol. The van der Waals surface area contributed by atoms with Crippen molar-refractivity contribution in [3.05, 3.63) is 59.0 Å². The summed E-state index contributed by atoms with van der Waals surface area (Å²) in [6.07, 6.45) is 5.52. The normalized spacial score (nSPS) is 13.4. The number of aromatic amines is 2. The molecule has 0 saturated carbocycles. The molecule has 6 rings (SSSR count). The third-order valence-corrected chi connectivity index (χ3v) is 6.43. The van der Waals surface area contributed by atoms with E-state index < -0.39 is 0 Å². The maximum Gasteiger partial charge on any atom is 0.254 e. The van der Waals surface area contributed by atoms with Crippen LogP contribution in [-0.4, -0.2) is 54.9 Å². The van der Waals surface area contributed by atoms with E-state index in [0.717, 1.165) is 40.7 Å². The van der Waals surface area contributed by atoms with Crippen molar-refractivity contribution >= 4 is 33.8 Å². The summed E-state index contributed by atoms with van der Waals surface area (Å²) in [6.45, 7) is 5.78. The molecule has 1 amide bonds. The molecule has 1 aliphatic rings. The highest BCUT2D eigenvalue weighted by molar-refractivity contribution is 6.19. The Hall–Kier alpha value is -4.44. The third kappa shape index (κ3) is 3.38. The number of Topliss-reactive ketones (excluding diaryl/α,β-unsaturated/α-hetero) is 1. The van der Waals surface area contributed by atoms with E-state index in [1.807, 2.05) is 18.5 Å². The summed E-state index contributed by atoms with van der Waals surface area (Å²) >= 11 is 0. The minimum atomic E-state index is -0.304. The van der Waals surface area contributed by atoms with Gasteiger partial charge in [-0.15, -0.1) is 0 Å². The average molecular weight is 467 g/mol. The summed E-state index contributed by atoms with van der Waals surface area (Å²) in [5, 5.41) is 14.1. The fourth-order valence-electron chi connectivity index (χ4n) is 4.53. The fraction of sp³-hybridized carbons (Fsp3) is 0.200. The molecule has 0 aliphatic carbocycles. The van der Waals surface area contributed by atoms with Gasteiger partial charge in [-0.05, 0) is 42.8 Å². The number of benzene rings is 1. The number of rotatable bonds is 5. The van der Waals surface area contributed by atoms with Crippen LogP contribution in [0.2, 0.25) is 0 Å². The van der Waals surface area contributed by atoms with Gasteiger partial charge in [-0.25, -0.2) is 9.97 Å². The monoisotopic (exact) mass is 466 g/mol. The van der Waals surface area contributed by atoms with Crippen molar-refractivity contribution < 1.29 is 9.59 Å². The van der Waals surface area contributed by atoms with Crippen LogP contribution in [0.1, 0.15) is 38.8 Å². The Labute approximate surface area is 199 Å². The standard InChI is InChI=1S/C25H22N8O2/c1-3-26-7-14-8-27-10-17(12(14)2)13-6-16-21(32-33-23(16)28-9-13)24-30-18-5-4-15-19(34)11-29-25(35)20(15)22(18)31-24/h4-6,8-10,26H,3,7,11H2,1-2H3,(H,29,35)(H,30,31)(H,28,32,33). The Kier molecular flexibility index (Phi) is 4.89. The van der Waals surface area contributed by atoms with Crippen LogP contribution in [0.4, 0.5) is 0 Å². The summed E-state index contributed by atoms with van der Waals surface area (Å²) in [5.41, 5.74) is 7.17. The van der Waals surface area contributed by atoms with Crippen molar-refractivity contribution in [1.29, 1.82) is 0 Å². The number of carbonyl (C=O) groups is 2. The number of nitrogens with zero attached hydrogens (tertiary/aromatic N) is 4. The number of ketones is 1. The number of H-pyrrole nitrogens is 2. The second-order valence-corrected chi connectivity index (χ2v) is 8.52. The van der Waals surface area contributed by atoms with Crippen LogP contribution >= 0.6 is 0 Å². The van der Waals surface area contributed by atoms with E-state index in [2.05, 4.69) is 54.6 Å². The smallest absolute Gasteiger partial charge is 0.254 e. The highest BCUT2D eigenvalue weighted by Gasteiger charge is 2.27. The first-order valence-electron chi connectivity index (χ1n) is 11.4. The number of hydrogen-bond acceptors (Lipinski definition) is 7. The van der Waals surface area contributed by atoms with Gasteiger partial charge in [0.15, 0.2) is 17.3 Å². The molecule has 174 valence electrons. The lowest BCUT2D eigenvalue weighted by Gasteiger charge is -2.15. The Morgan fingerprint density at radius 3 is 2.86 bits per heavy atom. The molecule has 0 atom stereocenters. The van der Waals surface area contributed by atoms with E-state index >= 15 is 0 Å². The van der Waals surface area contributed by atoms with Crippen LogP contribution in [0.3, 0.4) is 0 Å². The number of pyridine rings is 2. The van der Waals surface area contributed by atoms with Crippen molar-refractivity contribution in [3.8, 4) is 22.6 Å². The molecule has 0 radical (unpaired) electrons. The zero-order chi connectivity index (χ0) is 24.1. The van der Waals surface area contributed by atoms with Gasteiger partial charge in [0.05, 0.1) is 23.0 Å². The first-order valence-corrected chi connectivity index (χ1v) is 11.4. The Morgan fingerprint density at radius 2 is 2.00 bits per heavy atom. The fourth-order valence-corrected chi connectivity index (χ4v) is 4.53. The van der Waals surface area contributed by atoms with E-state index in [0.29, 0.717) is 39.3 Å². The quantitative estimate of drug-likeness (QED) is 0.312. The molecule has 0 unspecified atom stereocenters. The minimum Gasteiger partial charge on any atom is -0.344 e. The van der Waals surface area contributed by atoms with Gasteiger partial charge in [-0.3, -0.25) is 19.7 Å². The Morgan fingerprint density at radius 1 is 1.11 bits per heavy atom. The third-order valence-electron chi connectivity index (χ3n) is 6.43. The minimum absolute atomic E-state index is 0.00175. The molecule has 5 heterocycles. The van der Waals surface area contributed by atoms with Crippen LogP contribution in [-0.2, 0) is 6.54 Å². The summed E-state index contributed by atoms with van der Waals surface area (Å²) in [6, 6.07) is 5.46. The number of imidazole rings is 1. The molecule has 0 spiro atoms. The molecule has 10 heteroatoms. The SMILES string of the molecule is CCNCc1cncc(-c2cnc3n[nH]c(-c4nc5c6c(ccc5[nH]4)C(=O)CNC6=O)c3c2)c1C. The van der Waals surface area contributed by atoms with Crippen molar-refractivity contribution in [2.75, 3.05) is 13.1 Å². The van der Waals surface area contributed by atoms with Crippen molar-refractivity contribution in [2.24, 2.45) is 0 Å². The zero-order valence-corrected chi connectivity index (χ0v) is 19.2. The first kappa shape index (κ1) is 21.1. The predicted octanol–water partition coefficient (Wildman–Crippen LogP) is 2.91. The Bertz CT molecular complexity index is 1650. The van der Waals surface area contributed by atoms with Gasteiger partial charge in [-0.2, -0.15) is 5.10 Å². The number of fused-ring (bicyclic) bond motifs is 4. The van der Waals surface area contributed by atoms with E-state index in [-0.39, 0.29) is 18.2 Å². The second-order valence-electron chi connectivity index (χ2n) is 8.52. The van der Waals surface area contributed by atoms with Gasteiger partial charge < -0.3 is 15.6 Å². The van der Waals surface area contributed by atoms with Crippen LogP contribution < -0.4 is 10.6 Å². The molecule has 0 fully saturated rings.